The van der Waals surface area contributed by atoms with Gasteiger partial charge in [-0.15, -0.1) is 0 Å². The van der Waals surface area contributed by atoms with Gasteiger partial charge in [-0.1, -0.05) is 11.6 Å². The summed E-state index contributed by atoms with van der Waals surface area (Å²) in [6.07, 6.45) is 0. The standard InChI is InChI=1S/C13H8ClF3N2O2/c14-8-2-1-7(11(5-8)19(20)21)6-18-10-4-3-9(15)12(16)13(10)17/h1-5,18H,6H2. The molecule has 0 aliphatic rings. The molecule has 0 saturated carbocycles. The minimum absolute atomic E-state index is 0.143. The van der Waals surface area contributed by atoms with Crippen LogP contribution in [0.15, 0.2) is 30.3 Å². The van der Waals surface area contributed by atoms with E-state index in [0.717, 1.165) is 18.2 Å². The maximum Gasteiger partial charge on any atom is 0.275 e. The van der Waals surface area contributed by atoms with Crippen molar-refractivity contribution in [2.24, 2.45) is 0 Å². The largest absolute Gasteiger partial charge is 0.378 e. The molecule has 1 N–H and O–H groups in total. The number of benzene rings is 2. The topological polar surface area (TPSA) is 55.2 Å². The molecule has 0 amide bonds. The van der Waals surface area contributed by atoms with Gasteiger partial charge in [0.25, 0.3) is 5.69 Å². The highest BCUT2D eigenvalue weighted by molar-refractivity contribution is 6.30. The average molecular weight is 317 g/mol. The zero-order valence-corrected chi connectivity index (χ0v) is 11.1. The molecular weight excluding hydrogens is 309 g/mol. The first-order valence-electron chi connectivity index (χ1n) is 5.70. The molecule has 0 radical (unpaired) electrons. The van der Waals surface area contributed by atoms with Gasteiger partial charge in [0.15, 0.2) is 17.5 Å². The van der Waals surface area contributed by atoms with Gasteiger partial charge < -0.3 is 5.32 Å². The fourth-order valence-corrected chi connectivity index (χ4v) is 1.88. The molecule has 0 fully saturated rings. The van der Waals surface area contributed by atoms with Gasteiger partial charge in [-0.25, -0.2) is 13.2 Å². The number of nitro groups is 1. The Morgan fingerprint density at radius 2 is 1.86 bits per heavy atom. The second kappa shape index (κ2) is 6.01. The lowest BCUT2D eigenvalue weighted by Gasteiger charge is -2.09. The third-order valence-corrected chi connectivity index (χ3v) is 2.98. The highest BCUT2D eigenvalue weighted by Gasteiger charge is 2.16. The van der Waals surface area contributed by atoms with Crippen molar-refractivity contribution >= 4 is 23.0 Å². The molecule has 4 nitrogen and oxygen atoms in total. The third-order valence-electron chi connectivity index (χ3n) is 2.75. The molecule has 110 valence electrons. The number of nitrogens with zero attached hydrogens (tertiary/aromatic N) is 1. The lowest BCUT2D eigenvalue weighted by atomic mass is 10.1. The number of hydrogen-bond donors (Lipinski definition) is 1. The number of anilines is 1. The van der Waals surface area contributed by atoms with Gasteiger partial charge in [0.2, 0.25) is 0 Å². The van der Waals surface area contributed by atoms with E-state index in [-0.39, 0.29) is 28.5 Å². The van der Waals surface area contributed by atoms with Crippen molar-refractivity contribution in [2.45, 2.75) is 6.54 Å². The highest BCUT2D eigenvalue weighted by Crippen LogP contribution is 2.25. The van der Waals surface area contributed by atoms with Gasteiger partial charge in [-0.2, -0.15) is 0 Å². The monoisotopic (exact) mass is 316 g/mol. The summed E-state index contributed by atoms with van der Waals surface area (Å²) < 4.78 is 39.3. The molecule has 8 heteroatoms. The van der Waals surface area contributed by atoms with Crippen LogP contribution in [0.2, 0.25) is 5.02 Å². The molecule has 0 spiro atoms. The molecule has 0 atom stereocenters. The van der Waals surface area contributed by atoms with E-state index in [0.29, 0.717) is 0 Å². The molecule has 21 heavy (non-hydrogen) atoms. The van der Waals surface area contributed by atoms with Crippen molar-refractivity contribution in [3.05, 3.63) is 68.5 Å². The first kappa shape index (κ1) is 15.1. The van der Waals surface area contributed by atoms with Crippen LogP contribution in [0.25, 0.3) is 0 Å². The third kappa shape index (κ3) is 3.25. The molecule has 0 bridgehead atoms. The quantitative estimate of drug-likeness (QED) is 0.520. The van der Waals surface area contributed by atoms with Crippen LogP contribution in [-0.4, -0.2) is 4.92 Å². The van der Waals surface area contributed by atoms with Crippen molar-refractivity contribution in [1.29, 1.82) is 0 Å². The Morgan fingerprint density at radius 1 is 1.14 bits per heavy atom. The summed E-state index contributed by atoms with van der Waals surface area (Å²) in [6, 6.07) is 5.76. The Morgan fingerprint density at radius 3 is 2.52 bits per heavy atom. The summed E-state index contributed by atoms with van der Waals surface area (Å²) >= 11 is 5.67. The van der Waals surface area contributed by atoms with Crippen LogP contribution < -0.4 is 5.32 Å². The van der Waals surface area contributed by atoms with Crippen molar-refractivity contribution < 1.29 is 18.1 Å². The molecule has 0 heterocycles. The minimum Gasteiger partial charge on any atom is -0.378 e. The first-order valence-corrected chi connectivity index (χ1v) is 6.08. The van der Waals surface area contributed by atoms with E-state index in [1.807, 2.05) is 0 Å². The molecule has 0 aromatic heterocycles. The van der Waals surface area contributed by atoms with E-state index in [2.05, 4.69) is 5.32 Å². The summed E-state index contributed by atoms with van der Waals surface area (Å²) in [5.74, 6) is -4.30. The second-order valence-corrected chi connectivity index (χ2v) is 4.54. The summed E-state index contributed by atoms with van der Waals surface area (Å²) in [7, 11) is 0. The normalized spacial score (nSPS) is 10.5. The highest BCUT2D eigenvalue weighted by atomic mass is 35.5. The van der Waals surface area contributed by atoms with Crippen LogP contribution in [0, 0.1) is 27.6 Å². The van der Waals surface area contributed by atoms with Crippen molar-refractivity contribution in [2.75, 3.05) is 5.32 Å². The van der Waals surface area contributed by atoms with E-state index in [1.165, 1.54) is 12.1 Å². The predicted octanol–water partition coefficient (Wildman–Crippen LogP) is 4.28. The van der Waals surface area contributed by atoms with Crippen molar-refractivity contribution in [3.8, 4) is 0 Å². The van der Waals surface area contributed by atoms with E-state index >= 15 is 0 Å². The van der Waals surface area contributed by atoms with Gasteiger partial charge in [-0.3, -0.25) is 10.1 Å². The Kier molecular flexibility index (Phi) is 4.32. The van der Waals surface area contributed by atoms with Gasteiger partial charge >= 0.3 is 0 Å². The number of nitrogens with one attached hydrogen (secondary N) is 1. The molecule has 0 aliphatic carbocycles. The zero-order valence-electron chi connectivity index (χ0n) is 10.4. The van der Waals surface area contributed by atoms with Crippen LogP contribution in [0.5, 0.6) is 0 Å². The zero-order chi connectivity index (χ0) is 15.6. The summed E-state index contributed by atoms with van der Waals surface area (Å²) in [5.41, 5.74) is -0.315. The molecule has 0 saturated heterocycles. The second-order valence-electron chi connectivity index (χ2n) is 4.11. The Hall–Kier alpha value is -2.28. The van der Waals surface area contributed by atoms with Gasteiger partial charge in [0.1, 0.15) is 0 Å². The van der Waals surface area contributed by atoms with Crippen LogP contribution in [0.3, 0.4) is 0 Å². The van der Waals surface area contributed by atoms with E-state index in [4.69, 9.17) is 11.6 Å². The SMILES string of the molecule is O=[N+]([O-])c1cc(Cl)ccc1CNc1ccc(F)c(F)c1F. The van der Waals surface area contributed by atoms with Crippen molar-refractivity contribution in [1.82, 2.24) is 0 Å². The van der Waals surface area contributed by atoms with Crippen LogP contribution in [0.4, 0.5) is 24.5 Å². The maximum absolute atomic E-state index is 13.5. The molecule has 2 aromatic rings. The Labute approximate surface area is 122 Å². The average Bonchev–Trinajstić information content (AvgIpc) is 2.45. The van der Waals surface area contributed by atoms with Gasteiger partial charge in [-0.05, 0) is 24.3 Å². The number of rotatable bonds is 4. The van der Waals surface area contributed by atoms with Crippen LogP contribution >= 0.6 is 11.6 Å². The molecule has 0 unspecified atom stereocenters. The fourth-order valence-electron chi connectivity index (χ4n) is 1.71. The van der Waals surface area contributed by atoms with E-state index in [1.54, 1.807) is 0 Å². The van der Waals surface area contributed by atoms with Gasteiger partial charge in [0.05, 0.1) is 10.6 Å². The van der Waals surface area contributed by atoms with E-state index in [9.17, 15) is 23.3 Å². The summed E-state index contributed by atoms with van der Waals surface area (Å²) in [5, 5.41) is 13.6. The predicted molar refractivity (Wildman–Crippen MR) is 71.7 cm³/mol. The van der Waals surface area contributed by atoms with E-state index < -0.39 is 22.4 Å². The smallest absolute Gasteiger partial charge is 0.275 e. The van der Waals surface area contributed by atoms with Crippen molar-refractivity contribution in [3.63, 3.8) is 0 Å². The van der Waals surface area contributed by atoms with Gasteiger partial charge in [0, 0.05) is 23.2 Å². The van der Waals surface area contributed by atoms with Crippen LogP contribution in [-0.2, 0) is 6.54 Å². The molecule has 0 aliphatic heterocycles. The molecule has 2 rings (SSSR count). The number of halogens is 4. The lowest BCUT2D eigenvalue weighted by Crippen LogP contribution is -2.06. The maximum atomic E-state index is 13.5. The molecule has 2 aromatic carbocycles. The van der Waals surface area contributed by atoms with Crippen LogP contribution in [0.1, 0.15) is 5.56 Å². The lowest BCUT2D eigenvalue weighted by molar-refractivity contribution is -0.385. The number of hydrogen-bond acceptors (Lipinski definition) is 3. The number of nitro benzene ring substituents is 1. The summed E-state index contributed by atoms with van der Waals surface area (Å²) in [6.45, 7) is -0.143. The summed E-state index contributed by atoms with van der Waals surface area (Å²) in [4.78, 5) is 10.3. The Balaban J connectivity index is 2.25. The minimum atomic E-state index is -1.61. The fraction of sp³-hybridized carbons (Fsp3) is 0.0769. The molecular formula is C13H8ClF3N2O2. The Bertz CT molecular complexity index is 710. The first-order chi connectivity index (χ1) is 9.90.